The molecule has 0 radical (unpaired) electrons. The molecule has 1 aliphatic heterocycles. The number of fused-ring (bicyclic) bond motifs is 1. The first kappa shape index (κ1) is 18.3. The van der Waals surface area contributed by atoms with Gasteiger partial charge in [-0.1, -0.05) is 6.07 Å². The highest BCUT2D eigenvalue weighted by Crippen LogP contribution is 2.35. The highest BCUT2D eigenvalue weighted by molar-refractivity contribution is 5.74. The van der Waals surface area contributed by atoms with Crippen LogP contribution >= 0.6 is 0 Å². The Morgan fingerprint density at radius 2 is 2.04 bits per heavy atom. The smallest absolute Gasteiger partial charge is 0.410 e. The number of benzene rings is 1. The number of ether oxygens (including phenoxy) is 2. The second-order valence-electron chi connectivity index (χ2n) is 7.90. The summed E-state index contributed by atoms with van der Waals surface area (Å²) in [6.07, 6.45) is 2.04. The van der Waals surface area contributed by atoms with Crippen molar-refractivity contribution in [3.05, 3.63) is 29.3 Å². The number of nitrogens with zero attached hydrogens (tertiary/aromatic N) is 1. The standard InChI is InChI=1S/C19H27NO4/c1-18(2,3)24-17(22)20(6)15(12-21)13-7-8-16-14(11-13)9-10-19(4,5)23-16/h7-8,11-12,15H,9-10H2,1-6H3. The Morgan fingerprint density at radius 3 is 2.62 bits per heavy atom. The van der Waals surface area contributed by atoms with Crippen molar-refractivity contribution in [2.45, 2.75) is 64.7 Å². The second kappa shape index (κ2) is 6.46. The van der Waals surface area contributed by atoms with E-state index in [4.69, 9.17) is 9.47 Å². The monoisotopic (exact) mass is 333 g/mol. The molecule has 0 saturated carbocycles. The number of carbonyl (C=O) groups excluding carboxylic acids is 2. The topological polar surface area (TPSA) is 55.8 Å². The van der Waals surface area contributed by atoms with E-state index in [1.165, 1.54) is 4.90 Å². The molecular formula is C19H27NO4. The van der Waals surface area contributed by atoms with Crippen molar-refractivity contribution in [3.8, 4) is 5.75 Å². The molecular weight excluding hydrogens is 306 g/mol. The van der Waals surface area contributed by atoms with E-state index in [1.807, 2.05) is 18.2 Å². The van der Waals surface area contributed by atoms with Gasteiger partial charge in [0.2, 0.25) is 0 Å². The number of aldehydes is 1. The average molecular weight is 333 g/mol. The summed E-state index contributed by atoms with van der Waals surface area (Å²) in [7, 11) is 1.58. The molecule has 0 N–H and O–H groups in total. The van der Waals surface area contributed by atoms with E-state index in [9.17, 15) is 9.59 Å². The zero-order valence-corrected chi connectivity index (χ0v) is 15.4. The maximum absolute atomic E-state index is 12.2. The lowest BCUT2D eigenvalue weighted by Crippen LogP contribution is -2.37. The molecule has 1 aliphatic rings. The maximum Gasteiger partial charge on any atom is 0.410 e. The van der Waals surface area contributed by atoms with E-state index in [0.717, 1.165) is 36.0 Å². The molecule has 132 valence electrons. The molecule has 1 aromatic rings. The lowest BCUT2D eigenvalue weighted by molar-refractivity contribution is -0.112. The Morgan fingerprint density at radius 1 is 1.38 bits per heavy atom. The Bertz CT molecular complexity index is 631. The molecule has 2 rings (SSSR count). The number of rotatable bonds is 3. The SMILES string of the molecule is CN(C(=O)OC(C)(C)C)C(C=O)c1ccc2c(c1)CCC(C)(C)O2. The molecule has 1 amide bonds. The van der Waals surface area contributed by atoms with Crippen molar-refractivity contribution in [3.63, 3.8) is 0 Å². The van der Waals surface area contributed by atoms with Crippen LogP contribution in [0.2, 0.25) is 0 Å². The van der Waals surface area contributed by atoms with E-state index in [1.54, 1.807) is 27.8 Å². The van der Waals surface area contributed by atoms with E-state index >= 15 is 0 Å². The van der Waals surface area contributed by atoms with Crippen LogP contribution in [-0.4, -0.2) is 35.5 Å². The van der Waals surface area contributed by atoms with Gasteiger partial charge in [-0.2, -0.15) is 0 Å². The molecule has 5 nitrogen and oxygen atoms in total. The molecule has 24 heavy (non-hydrogen) atoms. The van der Waals surface area contributed by atoms with Gasteiger partial charge in [0.05, 0.1) is 0 Å². The lowest BCUT2D eigenvalue weighted by Gasteiger charge is -2.33. The van der Waals surface area contributed by atoms with Crippen molar-refractivity contribution < 1.29 is 19.1 Å². The van der Waals surface area contributed by atoms with E-state index < -0.39 is 17.7 Å². The molecule has 0 aliphatic carbocycles. The molecule has 0 fully saturated rings. The lowest BCUT2D eigenvalue weighted by atomic mass is 9.92. The first-order valence-corrected chi connectivity index (χ1v) is 8.25. The summed E-state index contributed by atoms with van der Waals surface area (Å²) >= 11 is 0. The zero-order chi connectivity index (χ0) is 18.1. The van der Waals surface area contributed by atoms with Crippen molar-refractivity contribution in [1.82, 2.24) is 4.90 Å². The predicted molar refractivity (Wildman–Crippen MR) is 92.3 cm³/mol. The zero-order valence-electron chi connectivity index (χ0n) is 15.4. The fourth-order valence-electron chi connectivity index (χ4n) is 2.70. The minimum atomic E-state index is -0.680. The fraction of sp³-hybridized carbons (Fsp3) is 0.579. The second-order valence-corrected chi connectivity index (χ2v) is 7.90. The van der Waals surface area contributed by atoms with Crippen molar-refractivity contribution in [1.29, 1.82) is 0 Å². The third-order valence-electron chi connectivity index (χ3n) is 4.04. The van der Waals surface area contributed by atoms with E-state index in [-0.39, 0.29) is 5.60 Å². The quantitative estimate of drug-likeness (QED) is 0.787. The fourth-order valence-corrected chi connectivity index (χ4v) is 2.70. The van der Waals surface area contributed by atoms with Gasteiger partial charge in [0, 0.05) is 7.05 Å². The summed E-state index contributed by atoms with van der Waals surface area (Å²) in [4.78, 5) is 25.2. The summed E-state index contributed by atoms with van der Waals surface area (Å²) < 4.78 is 11.3. The van der Waals surface area contributed by atoms with Gasteiger partial charge in [0.25, 0.3) is 0 Å². The van der Waals surface area contributed by atoms with Crippen molar-refractivity contribution >= 4 is 12.4 Å². The first-order chi connectivity index (χ1) is 11.0. The molecule has 1 atom stereocenters. The van der Waals surface area contributed by atoms with Gasteiger partial charge in [-0.05, 0) is 70.7 Å². The molecule has 0 spiro atoms. The van der Waals surface area contributed by atoms with Crippen LogP contribution in [0.5, 0.6) is 5.75 Å². The summed E-state index contributed by atoms with van der Waals surface area (Å²) in [5, 5.41) is 0. The van der Waals surface area contributed by atoms with Gasteiger partial charge in [0.1, 0.15) is 29.3 Å². The number of likely N-dealkylation sites (N-methyl/N-ethyl adjacent to an activating group) is 1. The van der Waals surface area contributed by atoms with Crippen LogP contribution in [0.15, 0.2) is 18.2 Å². The minimum Gasteiger partial charge on any atom is -0.488 e. The van der Waals surface area contributed by atoms with Crippen LogP contribution in [-0.2, 0) is 16.0 Å². The van der Waals surface area contributed by atoms with Crippen LogP contribution in [0.3, 0.4) is 0 Å². The summed E-state index contributed by atoms with van der Waals surface area (Å²) in [6.45, 7) is 9.52. The van der Waals surface area contributed by atoms with Gasteiger partial charge in [-0.25, -0.2) is 4.79 Å². The third kappa shape index (κ3) is 4.28. The maximum atomic E-state index is 12.2. The van der Waals surface area contributed by atoms with Crippen molar-refractivity contribution in [2.75, 3.05) is 7.05 Å². The predicted octanol–water partition coefficient (Wildman–Crippen LogP) is 3.90. The number of amides is 1. The summed E-state index contributed by atoms with van der Waals surface area (Å²) in [5.41, 5.74) is 1.05. The van der Waals surface area contributed by atoms with Crippen LogP contribution in [0, 0.1) is 0 Å². The highest BCUT2D eigenvalue weighted by Gasteiger charge is 2.29. The largest absolute Gasteiger partial charge is 0.488 e. The molecule has 5 heteroatoms. The van der Waals surface area contributed by atoms with Crippen molar-refractivity contribution in [2.24, 2.45) is 0 Å². The minimum absolute atomic E-state index is 0.175. The van der Waals surface area contributed by atoms with Gasteiger partial charge in [0.15, 0.2) is 0 Å². The van der Waals surface area contributed by atoms with Gasteiger partial charge in [-0.15, -0.1) is 0 Å². The van der Waals surface area contributed by atoms with Crippen LogP contribution < -0.4 is 4.74 Å². The Balaban J connectivity index is 2.22. The van der Waals surface area contributed by atoms with Gasteiger partial charge < -0.3 is 14.3 Å². The van der Waals surface area contributed by atoms with Crippen LogP contribution in [0.4, 0.5) is 4.79 Å². The first-order valence-electron chi connectivity index (χ1n) is 8.25. The number of hydrogen-bond donors (Lipinski definition) is 0. The highest BCUT2D eigenvalue weighted by atomic mass is 16.6. The number of hydrogen-bond acceptors (Lipinski definition) is 4. The molecule has 0 saturated heterocycles. The average Bonchev–Trinajstić information content (AvgIpc) is 2.45. The summed E-state index contributed by atoms with van der Waals surface area (Å²) in [5.74, 6) is 0.847. The Labute approximate surface area is 143 Å². The normalized spacial score (nSPS) is 17.2. The van der Waals surface area contributed by atoms with Crippen LogP contribution in [0.1, 0.15) is 58.2 Å². The Hall–Kier alpha value is -2.04. The summed E-state index contributed by atoms with van der Waals surface area (Å²) in [6, 6.07) is 4.98. The van der Waals surface area contributed by atoms with E-state index in [0.29, 0.717) is 0 Å². The number of carbonyl (C=O) groups is 2. The number of aryl methyl sites for hydroxylation is 1. The molecule has 0 aromatic heterocycles. The Kier molecular flexibility index (Phi) is 4.92. The van der Waals surface area contributed by atoms with Crippen LogP contribution in [0.25, 0.3) is 0 Å². The van der Waals surface area contributed by atoms with Gasteiger partial charge in [-0.3, -0.25) is 4.90 Å². The molecule has 1 aromatic carbocycles. The van der Waals surface area contributed by atoms with Gasteiger partial charge >= 0.3 is 6.09 Å². The molecule has 1 heterocycles. The molecule has 0 bridgehead atoms. The molecule has 1 unspecified atom stereocenters. The third-order valence-corrected chi connectivity index (χ3v) is 4.04. The van der Waals surface area contributed by atoms with E-state index in [2.05, 4.69) is 13.8 Å².